The fraction of sp³-hybridized carbons (Fsp3) is 0.417. The fourth-order valence-electron chi connectivity index (χ4n) is 3.31. The Kier molecular flexibility index (Phi) is 8.24. The second-order valence-electron chi connectivity index (χ2n) is 9.18. The predicted octanol–water partition coefficient (Wildman–Crippen LogP) is 3.23. The number of nitrogens with one attached hydrogen (secondary N) is 1. The third kappa shape index (κ3) is 7.85. The van der Waals surface area contributed by atoms with Crippen LogP contribution in [0.5, 0.6) is 0 Å². The first-order valence-corrected chi connectivity index (χ1v) is 12.4. The molecule has 2 aromatic carbocycles. The van der Waals surface area contributed by atoms with Gasteiger partial charge in [-0.15, -0.1) is 0 Å². The number of hydrogen-bond donors (Lipinski definition) is 1. The largest absolute Gasteiger partial charge is 0.350 e. The molecule has 0 heterocycles. The first-order chi connectivity index (χ1) is 15.2. The van der Waals surface area contributed by atoms with Crippen molar-refractivity contribution in [3.05, 3.63) is 65.5 Å². The quantitative estimate of drug-likeness (QED) is 0.633. The molecule has 2 rings (SSSR count). The van der Waals surface area contributed by atoms with Gasteiger partial charge >= 0.3 is 0 Å². The number of amides is 2. The topological polar surface area (TPSA) is 86.8 Å². The van der Waals surface area contributed by atoms with Gasteiger partial charge in [0.25, 0.3) is 0 Å². The molecule has 0 aliphatic carbocycles. The molecule has 0 bridgehead atoms. The second kappa shape index (κ2) is 10.3. The van der Waals surface area contributed by atoms with E-state index in [4.69, 9.17) is 0 Å². The van der Waals surface area contributed by atoms with Crippen molar-refractivity contribution in [1.29, 1.82) is 0 Å². The van der Waals surface area contributed by atoms with E-state index >= 15 is 0 Å². The minimum Gasteiger partial charge on any atom is -0.350 e. The third-order valence-electron chi connectivity index (χ3n) is 4.88. The number of rotatable bonds is 8. The Bertz CT molecular complexity index is 1110. The van der Waals surface area contributed by atoms with Gasteiger partial charge in [0.05, 0.1) is 11.9 Å². The zero-order valence-electron chi connectivity index (χ0n) is 19.9. The van der Waals surface area contributed by atoms with Gasteiger partial charge in [0.1, 0.15) is 18.4 Å². The molecule has 1 N–H and O–H groups in total. The van der Waals surface area contributed by atoms with Crippen molar-refractivity contribution in [2.75, 3.05) is 17.1 Å². The number of sulfonamides is 1. The van der Waals surface area contributed by atoms with Crippen LogP contribution in [0, 0.1) is 12.7 Å². The van der Waals surface area contributed by atoms with Crippen molar-refractivity contribution in [3.63, 3.8) is 0 Å². The Labute approximate surface area is 195 Å². The normalized spacial score (nSPS) is 12.7. The van der Waals surface area contributed by atoms with Gasteiger partial charge in [0, 0.05) is 12.1 Å². The summed E-state index contributed by atoms with van der Waals surface area (Å²) < 4.78 is 39.5. The van der Waals surface area contributed by atoms with Gasteiger partial charge in [-0.2, -0.15) is 0 Å². The highest BCUT2D eigenvalue weighted by Crippen LogP contribution is 2.20. The molecule has 1 atom stereocenters. The van der Waals surface area contributed by atoms with E-state index in [-0.39, 0.29) is 18.1 Å². The van der Waals surface area contributed by atoms with E-state index < -0.39 is 39.9 Å². The van der Waals surface area contributed by atoms with E-state index in [9.17, 15) is 22.4 Å². The summed E-state index contributed by atoms with van der Waals surface area (Å²) in [4.78, 5) is 27.6. The number of benzene rings is 2. The fourth-order valence-corrected chi connectivity index (χ4v) is 4.15. The van der Waals surface area contributed by atoms with E-state index in [1.54, 1.807) is 6.92 Å². The SMILES string of the molecule is Cc1cccc(CN(C(=O)CN(c2cccc(F)c2)S(C)(=O)=O)[C@H](C)C(=O)NC(C)(C)C)c1. The molecule has 0 aliphatic heterocycles. The maximum absolute atomic E-state index is 13.8. The maximum atomic E-state index is 13.8. The number of aryl methyl sites for hydroxylation is 1. The average Bonchev–Trinajstić information content (AvgIpc) is 2.67. The van der Waals surface area contributed by atoms with Crippen molar-refractivity contribution in [1.82, 2.24) is 10.2 Å². The summed E-state index contributed by atoms with van der Waals surface area (Å²) in [7, 11) is -3.90. The van der Waals surface area contributed by atoms with E-state index in [1.807, 2.05) is 52.0 Å². The summed E-state index contributed by atoms with van der Waals surface area (Å²) in [6, 6.07) is 11.7. The standard InChI is InChI=1S/C24H32FN3O4S/c1-17-9-7-10-19(13-17)15-27(18(2)23(30)26-24(3,4)5)22(29)16-28(33(6,31)32)21-12-8-11-20(25)14-21/h7-14,18H,15-16H2,1-6H3,(H,26,30)/t18-/m1/s1. The molecule has 0 saturated carbocycles. The molecule has 33 heavy (non-hydrogen) atoms. The van der Waals surface area contributed by atoms with E-state index in [1.165, 1.54) is 23.1 Å². The summed E-state index contributed by atoms with van der Waals surface area (Å²) in [5.74, 6) is -1.56. The first-order valence-electron chi connectivity index (χ1n) is 10.6. The van der Waals surface area contributed by atoms with Gasteiger partial charge in [-0.3, -0.25) is 13.9 Å². The molecule has 0 spiro atoms. The molecular weight excluding hydrogens is 445 g/mol. The smallest absolute Gasteiger partial charge is 0.244 e. The van der Waals surface area contributed by atoms with Crippen molar-refractivity contribution in [2.24, 2.45) is 0 Å². The molecule has 0 saturated heterocycles. The van der Waals surface area contributed by atoms with Crippen LogP contribution < -0.4 is 9.62 Å². The van der Waals surface area contributed by atoms with Crippen LogP contribution in [0.3, 0.4) is 0 Å². The minimum atomic E-state index is -3.90. The maximum Gasteiger partial charge on any atom is 0.244 e. The average molecular weight is 478 g/mol. The van der Waals surface area contributed by atoms with Crippen LogP contribution >= 0.6 is 0 Å². The lowest BCUT2D eigenvalue weighted by Gasteiger charge is -2.33. The summed E-state index contributed by atoms with van der Waals surface area (Å²) in [5.41, 5.74) is 1.32. The highest BCUT2D eigenvalue weighted by atomic mass is 32.2. The molecule has 0 radical (unpaired) electrons. The minimum absolute atomic E-state index is 0.0353. The van der Waals surface area contributed by atoms with Crippen molar-refractivity contribution in [2.45, 2.75) is 52.7 Å². The van der Waals surface area contributed by atoms with Crippen LogP contribution in [0.4, 0.5) is 10.1 Å². The number of hydrogen-bond acceptors (Lipinski definition) is 4. The van der Waals surface area contributed by atoms with Gasteiger partial charge in [-0.05, 0) is 58.4 Å². The van der Waals surface area contributed by atoms with Crippen LogP contribution in [0.25, 0.3) is 0 Å². The number of carbonyl (C=O) groups is 2. The third-order valence-corrected chi connectivity index (χ3v) is 6.02. The molecule has 0 aromatic heterocycles. The predicted molar refractivity (Wildman–Crippen MR) is 128 cm³/mol. The molecule has 0 unspecified atom stereocenters. The monoisotopic (exact) mass is 477 g/mol. The number of anilines is 1. The zero-order valence-corrected chi connectivity index (χ0v) is 20.7. The Morgan fingerprint density at radius 2 is 1.73 bits per heavy atom. The molecular formula is C24H32FN3O4S. The Hall–Kier alpha value is -2.94. The van der Waals surface area contributed by atoms with E-state index in [0.717, 1.165) is 27.8 Å². The Morgan fingerprint density at radius 3 is 2.27 bits per heavy atom. The van der Waals surface area contributed by atoms with E-state index in [2.05, 4.69) is 5.32 Å². The van der Waals surface area contributed by atoms with Crippen LogP contribution in [-0.2, 0) is 26.2 Å². The van der Waals surface area contributed by atoms with Crippen LogP contribution in [0.1, 0.15) is 38.8 Å². The lowest BCUT2D eigenvalue weighted by Crippen LogP contribution is -2.54. The van der Waals surface area contributed by atoms with Gasteiger partial charge in [0.2, 0.25) is 21.8 Å². The first kappa shape index (κ1) is 26.3. The highest BCUT2D eigenvalue weighted by Gasteiger charge is 2.31. The number of nitrogens with zero attached hydrogens (tertiary/aromatic N) is 2. The summed E-state index contributed by atoms with van der Waals surface area (Å²) in [6.07, 6.45) is 0.950. The summed E-state index contributed by atoms with van der Waals surface area (Å²) >= 11 is 0. The van der Waals surface area contributed by atoms with Gasteiger partial charge in [-0.1, -0.05) is 35.9 Å². The van der Waals surface area contributed by atoms with Crippen molar-refractivity contribution < 1.29 is 22.4 Å². The molecule has 0 aliphatic rings. The molecule has 0 fully saturated rings. The summed E-state index contributed by atoms with van der Waals surface area (Å²) in [6.45, 7) is 8.56. The molecule has 2 aromatic rings. The van der Waals surface area contributed by atoms with Gasteiger partial charge in [-0.25, -0.2) is 12.8 Å². The Balaban J connectivity index is 2.41. The molecule has 180 valence electrons. The number of halogens is 1. The van der Waals surface area contributed by atoms with Gasteiger partial charge < -0.3 is 10.2 Å². The zero-order chi connectivity index (χ0) is 25.0. The lowest BCUT2D eigenvalue weighted by molar-refractivity contribution is -0.140. The molecule has 2 amide bonds. The number of carbonyl (C=O) groups excluding carboxylic acids is 2. The summed E-state index contributed by atoms with van der Waals surface area (Å²) in [5, 5.41) is 2.86. The molecule has 7 nitrogen and oxygen atoms in total. The van der Waals surface area contributed by atoms with Crippen LogP contribution in [-0.4, -0.2) is 49.5 Å². The van der Waals surface area contributed by atoms with Crippen molar-refractivity contribution in [3.8, 4) is 0 Å². The lowest BCUT2D eigenvalue weighted by atomic mass is 10.1. The van der Waals surface area contributed by atoms with Gasteiger partial charge in [0.15, 0.2) is 0 Å². The highest BCUT2D eigenvalue weighted by molar-refractivity contribution is 7.92. The Morgan fingerprint density at radius 1 is 1.09 bits per heavy atom. The second-order valence-corrected chi connectivity index (χ2v) is 11.1. The van der Waals surface area contributed by atoms with Crippen LogP contribution in [0.15, 0.2) is 48.5 Å². The van der Waals surface area contributed by atoms with Crippen LogP contribution in [0.2, 0.25) is 0 Å². The van der Waals surface area contributed by atoms with E-state index in [0.29, 0.717) is 0 Å². The molecule has 9 heteroatoms. The van der Waals surface area contributed by atoms with Crippen molar-refractivity contribution >= 4 is 27.5 Å².